The molecule has 1 aromatic carbocycles. The summed E-state index contributed by atoms with van der Waals surface area (Å²) in [6.07, 6.45) is 9.95. The van der Waals surface area contributed by atoms with Crippen LogP contribution in [0.1, 0.15) is 106 Å². The average Bonchev–Trinajstić information content (AvgIpc) is 3.83. The number of hydrogen-bond acceptors (Lipinski definition) is 4. The molecule has 1 atom stereocenters. The van der Waals surface area contributed by atoms with E-state index in [0.717, 1.165) is 64.8 Å². The number of aromatic amines is 1. The lowest BCUT2D eigenvalue weighted by Crippen LogP contribution is -2.45. The number of carbonyl (C=O) groups excluding carboxylic acids is 2. The van der Waals surface area contributed by atoms with Crippen molar-refractivity contribution in [2.45, 2.75) is 116 Å². The van der Waals surface area contributed by atoms with Gasteiger partial charge in [0.25, 0.3) is 0 Å². The van der Waals surface area contributed by atoms with Crippen molar-refractivity contribution in [3.05, 3.63) is 45.8 Å². The van der Waals surface area contributed by atoms with Crippen molar-refractivity contribution < 1.29 is 9.59 Å². The molecule has 0 aliphatic carbocycles. The molecule has 2 aromatic heterocycles. The number of piperidine rings is 1. The molecule has 6 heterocycles. The number of benzene rings is 1. The number of H-pyrrole nitrogens is 1. The highest BCUT2D eigenvalue weighted by Gasteiger charge is 2.47. The summed E-state index contributed by atoms with van der Waals surface area (Å²) in [7, 11) is 0. The smallest absolute Gasteiger partial charge is 0.233 e. The number of nitrogens with one attached hydrogen (secondary N) is 1. The molecule has 0 unspecified atom stereocenters. The molecule has 2 amide bonds. The van der Waals surface area contributed by atoms with Crippen molar-refractivity contribution in [2.75, 3.05) is 32.7 Å². The molecule has 242 valence electrons. The molecular formula is C38H52N4O2S. The molecule has 7 rings (SSSR count). The van der Waals surface area contributed by atoms with Gasteiger partial charge in [0.2, 0.25) is 11.8 Å². The zero-order valence-corrected chi connectivity index (χ0v) is 28.9. The number of amides is 2. The van der Waals surface area contributed by atoms with Gasteiger partial charge in [0.15, 0.2) is 0 Å². The molecule has 7 heteroatoms. The first-order valence-electron chi connectivity index (χ1n) is 17.7. The second-order valence-corrected chi connectivity index (χ2v) is 16.4. The van der Waals surface area contributed by atoms with Crippen molar-refractivity contribution in [2.24, 2.45) is 5.92 Å². The number of aryl methyl sites for hydroxylation is 2. The van der Waals surface area contributed by atoms with Crippen LogP contribution in [0.15, 0.2) is 24.3 Å². The Balaban J connectivity index is 1.13. The zero-order valence-electron chi connectivity index (χ0n) is 28.1. The minimum atomic E-state index is -0.537. The Morgan fingerprint density at radius 2 is 1.53 bits per heavy atom. The van der Waals surface area contributed by atoms with Gasteiger partial charge >= 0.3 is 0 Å². The van der Waals surface area contributed by atoms with E-state index in [2.05, 4.69) is 78.6 Å². The Labute approximate surface area is 273 Å². The van der Waals surface area contributed by atoms with Gasteiger partial charge in [-0.2, -0.15) is 0 Å². The molecule has 1 N–H and O–H groups in total. The molecule has 0 saturated carbocycles. The van der Waals surface area contributed by atoms with Crippen LogP contribution >= 0.6 is 11.3 Å². The first-order chi connectivity index (χ1) is 21.6. The van der Waals surface area contributed by atoms with Gasteiger partial charge in [0, 0.05) is 48.4 Å². The van der Waals surface area contributed by atoms with Crippen LogP contribution < -0.4 is 0 Å². The fourth-order valence-corrected chi connectivity index (χ4v) is 10.2. The molecule has 4 aliphatic rings. The molecule has 6 nitrogen and oxygen atoms in total. The summed E-state index contributed by atoms with van der Waals surface area (Å²) in [5, 5.41) is 1.29. The van der Waals surface area contributed by atoms with Gasteiger partial charge in [-0.3, -0.25) is 9.59 Å². The van der Waals surface area contributed by atoms with Crippen molar-refractivity contribution in [3.8, 4) is 11.3 Å². The third-order valence-electron chi connectivity index (χ3n) is 11.5. The van der Waals surface area contributed by atoms with Crippen LogP contribution in [0.2, 0.25) is 0 Å². The van der Waals surface area contributed by atoms with Gasteiger partial charge in [-0.1, -0.05) is 24.1 Å². The second-order valence-electron chi connectivity index (χ2n) is 15.4. The van der Waals surface area contributed by atoms with Crippen LogP contribution in [-0.2, 0) is 15.0 Å². The number of carbonyl (C=O) groups is 2. The Morgan fingerprint density at radius 3 is 2.16 bits per heavy atom. The van der Waals surface area contributed by atoms with Gasteiger partial charge in [0.05, 0.1) is 11.1 Å². The lowest BCUT2D eigenvalue weighted by atomic mass is 9.87. The Hall–Kier alpha value is -2.64. The SMILES string of the molecule is Cc1cc(C)cc(-c2[nH]c3sc(C(C)(C)C(=O)N4C5CCC4CC5)cc3c2[C@H](C)CN2CCC(CC(=O)N3CCCC3)CC2)c1. The summed E-state index contributed by atoms with van der Waals surface area (Å²) in [6, 6.07) is 10.1. The highest BCUT2D eigenvalue weighted by Crippen LogP contribution is 2.46. The van der Waals surface area contributed by atoms with Crippen LogP contribution in [-0.4, -0.2) is 76.3 Å². The minimum absolute atomic E-state index is 0.312. The summed E-state index contributed by atoms with van der Waals surface area (Å²) < 4.78 is 0. The first kappa shape index (κ1) is 31.0. The summed E-state index contributed by atoms with van der Waals surface area (Å²) in [4.78, 5) is 40.0. The highest BCUT2D eigenvalue weighted by atomic mass is 32.1. The fraction of sp³-hybridized carbons (Fsp3) is 0.632. The fourth-order valence-electron chi connectivity index (χ4n) is 9.03. The molecular weight excluding hydrogens is 577 g/mol. The van der Waals surface area contributed by atoms with Gasteiger partial charge in [-0.25, -0.2) is 0 Å². The first-order valence-corrected chi connectivity index (χ1v) is 18.5. The van der Waals surface area contributed by atoms with Gasteiger partial charge < -0.3 is 19.7 Å². The lowest BCUT2D eigenvalue weighted by Gasteiger charge is -2.34. The Morgan fingerprint density at radius 1 is 0.911 bits per heavy atom. The van der Waals surface area contributed by atoms with E-state index in [9.17, 15) is 9.59 Å². The largest absolute Gasteiger partial charge is 0.346 e. The van der Waals surface area contributed by atoms with Crippen LogP contribution in [0.3, 0.4) is 0 Å². The Bertz CT molecular complexity index is 1530. The van der Waals surface area contributed by atoms with Crippen LogP contribution in [0.5, 0.6) is 0 Å². The van der Waals surface area contributed by atoms with Crippen LogP contribution in [0.25, 0.3) is 21.5 Å². The minimum Gasteiger partial charge on any atom is -0.346 e. The van der Waals surface area contributed by atoms with Crippen molar-refractivity contribution in [1.82, 2.24) is 19.7 Å². The summed E-state index contributed by atoms with van der Waals surface area (Å²) in [5.74, 6) is 1.53. The molecule has 4 saturated heterocycles. The van der Waals surface area contributed by atoms with E-state index in [1.54, 1.807) is 11.3 Å². The maximum atomic E-state index is 14.0. The van der Waals surface area contributed by atoms with Gasteiger partial charge in [-0.05, 0) is 133 Å². The maximum Gasteiger partial charge on any atom is 0.233 e. The van der Waals surface area contributed by atoms with Gasteiger partial charge in [-0.15, -0.1) is 11.3 Å². The van der Waals surface area contributed by atoms with Crippen molar-refractivity contribution >= 4 is 33.4 Å². The number of fused-ring (bicyclic) bond motifs is 3. The lowest BCUT2D eigenvalue weighted by molar-refractivity contribution is -0.137. The summed E-state index contributed by atoms with van der Waals surface area (Å²) in [5.41, 5.74) is 5.88. The highest BCUT2D eigenvalue weighted by molar-refractivity contribution is 7.19. The predicted octanol–water partition coefficient (Wildman–Crippen LogP) is 7.77. The molecule has 3 aromatic rings. The number of hydrogen-bond donors (Lipinski definition) is 1. The number of nitrogens with zero attached hydrogens (tertiary/aromatic N) is 3. The van der Waals surface area contributed by atoms with Gasteiger partial charge in [0.1, 0.15) is 4.83 Å². The maximum absolute atomic E-state index is 14.0. The zero-order chi connectivity index (χ0) is 31.5. The number of aromatic nitrogens is 1. The van der Waals surface area contributed by atoms with Crippen LogP contribution in [0, 0.1) is 19.8 Å². The monoisotopic (exact) mass is 628 g/mol. The summed E-state index contributed by atoms with van der Waals surface area (Å²) >= 11 is 1.78. The standard InChI is InChI=1S/C38H52N4O2S/c1-24-18-25(2)20-28(19-24)35-34(26(3)23-40-16-12-27(13-17-40)21-33(43)41-14-6-7-15-41)31-22-32(45-36(31)39-35)38(4,5)37(44)42-29-8-9-30(42)11-10-29/h18-20,22,26-27,29-30,39H,6-17,21,23H2,1-5H3/t26-,29?,30?/m1/s1. The van der Waals surface area contributed by atoms with E-state index in [1.807, 2.05) is 0 Å². The molecule has 0 radical (unpaired) electrons. The number of rotatable bonds is 8. The quantitative estimate of drug-likeness (QED) is 0.277. The topological polar surface area (TPSA) is 59.7 Å². The van der Waals surface area contributed by atoms with Crippen LogP contribution in [0.4, 0.5) is 0 Å². The van der Waals surface area contributed by atoms with E-state index in [0.29, 0.717) is 35.7 Å². The summed E-state index contributed by atoms with van der Waals surface area (Å²) in [6.45, 7) is 16.1. The van der Waals surface area contributed by atoms with E-state index < -0.39 is 5.41 Å². The average molecular weight is 629 g/mol. The number of thiophene rings is 1. The Kier molecular flexibility index (Phi) is 8.39. The molecule has 45 heavy (non-hydrogen) atoms. The molecule has 2 bridgehead atoms. The van der Waals surface area contributed by atoms with Crippen molar-refractivity contribution in [3.63, 3.8) is 0 Å². The van der Waals surface area contributed by atoms with E-state index in [1.165, 1.54) is 68.7 Å². The number of likely N-dealkylation sites (tertiary alicyclic amines) is 2. The van der Waals surface area contributed by atoms with Crippen molar-refractivity contribution in [1.29, 1.82) is 0 Å². The van der Waals surface area contributed by atoms with E-state index >= 15 is 0 Å². The molecule has 0 spiro atoms. The normalized spacial score (nSPS) is 23.5. The molecule has 4 fully saturated rings. The molecule has 4 aliphatic heterocycles. The van der Waals surface area contributed by atoms with E-state index in [4.69, 9.17) is 0 Å². The second kappa shape index (κ2) is 12.2. The van der Waals surface area contributed by atoms with E-state index in [-0.39, 0.29) is 0 Å². The third-order valence-corrected chi connectivity index (χ3v) is 12.9. The predicted molar refractivity (Wildman–Crippen MR) is 185 cm³/mol. The third kappa shape index (κ3) is 5.88.